The van der Waals surface area contributed by atoms with Crippen LogP contribution in [-0.4, -0.2) is 43.5 Å². The van der Waals surface area contributed by atoms with Crippen LogP contribution >= 0.6 is 0 Å². The van der Waals surface area contributed by atoms with Crippen LogP contribution in [0.25, 0.3) is 0 Å². The number of hydrogen-bond acceptors (Lipinski definition) is 3. The minimum atomic E-state index is -0.237. The first kappa shape index (κ1) is 17.6. The lowest BCUT2D eigenvalue weighted by Crippen LogP contribution is -2.36. The van der Waals surface area contributed by atoms with Gasteiger partial charge in [0.05, 0.1) is 13.0 Å². The van der Waals surface area contributed by atoms with E-state index < -0.39 is 0 Å². The summed E-state index contributed by atoms with van der Waals surface area (Å²) in [6.45, 7) is 1.88. The summed E-state index contributed by atoms with van der Waals surface area (Å²) in [5, 5.41) is 0. The fraction of sp³-hybridized carbons (Fsp3) is 0.364. The number of anilines is 1. The van der Waals surface area contributed by atoms with E-state index in [0.717, 1.165) is 29.8 Å². The Balaban J connectivity index is 1.36. The van der Waals surface area contributed by atoms with Gasteiger partial charge in [-0.15, -0.1) is 0 Å². The largest absolute Gasteiger partial charge is 0.497 e. The van der Waals surface area contributed by atoms with Crippen molar-refractivity contribution in [3.63, 3.8) is 0 Å². The Bertz CT molecular complexity index is 847. The standard InChI is InChI=1S/C22H24N2O3/c1-27-19-8-6-16(7-9-19)10-12-23-15-18(14-21(23)25)22(26)24-13-11-17-4-2-3-5-20(17)24/h2-9,18H,10-15H2,1H3. The average molecular weight is 364 g/mol. The van der Waals surface area contributed by atoms with Crippen molar-refractivity contribution in [3.05, 3.63) is 59.7 Å². The van der Waals surface area contributed by atoms with Gasteiger partial charge < -0.3 is 14.5 Å². The van der Waals surface area contributed by atoms with E-state index in [4.69, 9.17) is 4.74 Å². The van der Waals surface area contributed by atoms with Crippen molar-refractivity contribution in [2.24, 2.45) is 5.92 Å². The first-order valence-corrected chi connectivity index (χ1v) is 9.45. The topological polar surface area (TPSA) is 49.9 Å². The van der Waals surface area contributed by atoms with Gasteiger partial charge in [0.25, 0.3) is 0 Å². The van der Waals surface area contributed by atoms with Gasteiger partial charge in [0.15, 0.2) is 0 Å². The number of methoxy groups -OCH3 is 1. The molecule has 5 nitrogen and oxygen atoms in total. The number of fused-ring (bicyclic) bond motifs is 1. The molecule has 2 aromatic rings. The van der Waals surface area contributed by atoms with Crippen molar-refractivity contribution >= 4 is 17.5 Å². The zero-order valence-electron chi connectivity index (χ0n) is 15.6. The predicted octanol–water partition coefficient (Wildman–Crippen LogP) is 2.68. The summed E-state index contributed by atoms with van der Waals surface area (Å²) in [4.78, 5) is 29.1. The molecule has 2 aliphatic rings. The summed E-state index contributed by atoms with van der Waals surface area (Å²) in [6.07, 6.45) is 1.99. The molecule has 1 fully saturated rings. The fourth-order valence-electron chi connectivity index (χ4n) is 4.00. The first-order chi connectivity index (χ1) is 13.2. The van der Waals surface area contributed by atoms with E-state index in [1.54, 1.807) is 7.11 Å². The summed E-state index contributed by atoms with van der Waals surface area (Å²) in [7, 11) is 1.65. The number of benzene rings is 2. The van der Waals surface area contributed by atoms with Crippen LogP contribution in [0.3, 0.4) is 0 Å². The monoisotopic (exact) mass is 364 g/mol. The number of rotatable bonds is 5. The highest BCUT2D eigenvalue weighted by atomic mass is 16.5. The molecule has 0 aromatic heterocycles. The number of likely N-dealkylation sites (tertiary alicyclic amines) is 1. The molecule has 2 heterocycles. The van der Waals surface area contributed by atoms with Gasteiger partial charge in [-0.25, -0.2) is 0 Å². The van der Waals surface area contributed by atoms with Crippen molar-refractivity contribution < 1.29 is 14.3 Å². The van der Waals surface area contributed by atoms with Crippen molar-refractivity contribution in [2.75, 3.05) is 31.6 Å². The van der Waals surface area contributed by atoms with E-state index in [0.29, 0.717) is 26.1 Å². The lowest BCUT2D eigenvalue weighted by Gasteiger charge is -2.21. The van der Waals surface area contributed by atoms with Gasteiger partial charge in [0.1, 0.15) is 5.75 Å². The number of amides is 2. The normalized spacial score (nSPS) is 18.7. The van der Waals surface area contributed by atoms with E-state index in [2.05, 4.69) is 6.07 Å². The minimum Gasteiger partial charge on any atom is -0.497 e. The van der Waals surface area contributed by atoms with Crippen molar-refractivity contribution in [2.45, 2.75) is 19.3 Å². The molecule has 0 bridgehead atoms. The number of hydrogen-bond donors (Lipinski definition) is 0. The maximum atomic E-state index is 13.0. The second kappa shape index (κ2) is 7.43. The molecule has 27 heavy (non-hydrogen) atoms. The van der Waals surface area contributed by atoms with Crippen LogP contribution in [0.1, 0.15) is 17.5 Å². The molecule has 1 saturated heterocycles. The Morgan fingerprint density at radius 3 is 2.70 bits per heavy atom. The molecule has 2 aliphatic heterocycles. The SMILES string of the molecule is COc1ccc(CCN2CC(C(=O)N3CCc4ccccc43)CC2=O)cc1. The van der Waals surface area contributed by atoms with Crippen LogP contribution < -0.4 is 9.64 Å². The maximum absolute atomic E-state index is 13.0. The number of para-hydroxylation sites is 1. The molecule has 1 atom stereocenters. The van der Waals surface area contributed by atoms with Gasteiger partial charge >= 0.3 is 0 Å². The molecule has 4 rings (SSSR count). The van der Waals surface area contributed by atoms with Crippen LogP contribution in [0.15, 0.2) is 48.5 Å². The molecule has 0 saturated carbocycles. The van der Waals surface area contributed by atoms with Crippen LogP contribution in [0, 0.1) is 5.92 Å². The van der Waals surface area contributed by atoms with Gasteiger partial charge in [0.2, 0.25) is 11.8 Å². The Morgan fingerprint density at radius 1 is 1.15 bits per heavy atom. The number of carbonyl (C=O) groups excluding carboxylic acids is 2. The third kappa shape index (κ3) is 3.54. The number of carbonyl (C=O) groups is 2. The Labute approximate surface area is 159 Å². The first-order valence-electron chi connectivity index (χ1n) is 9.45. The lowest BCUT2D eigenvalue weighted by atomic mass is 10.1. The Hall–Kier alpha value is -2.82. The molecule has 2 aromatic carbocycles. The lowest BCUT2D eigenvalue weighted by molar-refractivity contribution is -0.128. The van der Waals surface area contributed by atoms with Gasteiger partial charge in [-0.05, 0) is 42.2 Å². The molecule has 0 aliphatic carbocycles. The maximum Gasteiger partial charge on any atom is 0.232 e. The highest BCUT2D eigenvalue weighted by Crippen LogP contribution is 2.31. The molecular formula is C22H24N2O3. The quantitative estimate of drug-likeness (QED) is 0.820. The molecule has 0 N–H and O–H groups in total. The summed E-state index contributed by atoms with van der Waals surface area (Å²) < 4.78 is 5.17. The second-order valence-corrected chi connectivity index (χ2v) is 7.21. The Morgan fingerprint density at radius 2 is 1.93 bits per heavy atom. The summed E-state index contributed by atoms with van der Waals surface area (Å²) in [5.41, 5.74) is 3.38. The second-order valence-electron chi connectivity index (χ2n) is 7.21. The van der Waals surface area contributed by atoms with Gasteiger partial charge in [0, 0.05) is 31.7 Å². The van der Waals surface area contributed by atoms with Crippen LogP contribution in [0.5, 0.6) is 5.75 Å². The summed E-state index contributed by atoms with van der Waals surface area (Å²) in [5.74, 6) is 0.752. The third-order valence-corrected chi connectivity index (χ3v) is 5.55. The van der Waals surface area contributed by atoms with Crippen molar-refractivity contribution in [3.8, 4) is 5.75 Å². The van der Waals surface area contributed by atoms with Gasteiger partial charge in [-0.1, -0.05) is 30.3 Å². The minimum absolute atomic E-state index is 0.0781. The Kier molecular flexibility index (Phi) is 4.84. The molecule has 2 amide bonds. The average Bonchev–Trinajstić information content (AvgIpc) is 3.30. The van der Waals surface area contributed by atoms with Crippen LogP contribution in [0.4, 0.5) is 5.69 Å². The smallest absolute Gasteiger partial charge is 0.232 e. The summed E-state index contributed by atoms with van der Waals surface area (Å²) >= 11 is 0. The molecule has 5 heteroatoms. The highest BCUT2D eigenvalue weighted by Gasteiger charge is 2.38. The van der Waals surface area contributed by atoms with E-state index in [9.17, 15) is 9.59 Å². The van der Waals surface area contributed by atoms with E-state index >= 15 is 0 Å². The summed E-state index contributed by atoms with van der Waals surface area (Å²) in [6, 6.07) is 15.9. The molecule has 0 spiro atoms. The molecule has 1 unspecified atom stereocenters. The highest BCUT2D eigenvalue weighted by molar-refractivity contribution is 6.00. The third-order valence-electron chi connectivity index (χ3n) is 5.55. The number of nitrogens with zero attached hydrogens (tertiary/aromatic N) is 2. The van der Waals surface area contributed by atoms with Crippen molar-refractivity contribution in [1.82, 2.24) is 4.90 Å². The predicted molar refractivity (Wildman–Crippen MR) is 104 cm³/mol. The number of ether oxygens (including phenoxy) is 1. The molecule has 0 radical (unpaired) electrons. The van der Waals surface area contributed by atoms with Crippen LogP contribution in [0.2, 0.25) is 0 Å². The van der Waals surface area contributed by atoms with Gasteiger partial charge in [-0.3, -0.25) is 9.59 Å². The van der Waals surface area contributed by atoms with E-state index in [1.165, 1.54) is 5.56 Å². The molecular weight excluding hydrogens is 340 g/mol. The van der Waals surface area contributed by atoms with E-state index in [-0.39, 0.29) is 17.7 Å². The van der Waals surface area contributed by atoms with Crippen molar-refractivity contribution in [1.29, 1.82) is 0 Å². The fourth-order valence-corrected chi connectivity index (χ4v) is 4.00. The molecule has 140 valence electrons. The van der Waals surface area contributed by atoms with Gasteiger partial charge in [-0.2, -0.15) is 0 Å². The van der Waals surface area contributed by atoms with Crippen LogP contribution in [-0.2, 0) is 22.4 Å². The zero-order valence-corrected chi connectivity index (χ0v) is 15.6. The zero-order chi connectivity index (χ0) is 18.8. The van der Waals surface area contributed by atoms with E-state index in [1.807, 2.05) is 52.3 Å².